The fourth-order valence-corrected chi connectivity index (χ4v) is 3.46. The minimum atomic E-state index is -3.01. The number of sulfone groups is 1. The van der Waals surface area contributed by atoms with Gasteiger partial charge in [0.2, 0.25) is 0 Å². The molecule has 0 atom stereocenters. The largest absolute Gasteiger partial charge is 0.397 e. The summed E-state index contributed by atoms with van der Waals surface area (Å²) < 4.78 is 22.2. The molecule has 0 unspecified atom stereocenters. The highest BCUT2D eigenvalue weighted by Gasteiger charge is 2.32. The summed E-state index contributed by atoms with van der Waals surface area (Å²) in [6.45, 7) is 0.302. The maximum absolute atomic E-state index is 11.3. The molecule has 2 rings (SSSR count). The van der Waals surface area contributed by atoms with Crippen LogP contribution in [0.4, 0.5) is 10.7 Å². The van der Waals surface area contributed by atoms with Crippen molar-refractivity contribution in [2.75, 3.05) is 29.6 Å². The zero-order valence-electron chi connectivity index (χ0n) is 10.6. The molecule has 0 aliphatic heterocycles. The second-order valence-corrected chi connectivity index (χ2v) is 8.06. The maximum Gasteiger partial charge on any atom is 0.260 e. The van der Waals surface area contributed by atoms with E-state index in [1.165, 1.54) is 17.6 Å². The summed E-state index contributed by atoms with van der Waals surface area (Å²) >= 11 is 1.21. The Morgan fingerprint density at radius 2 is 2.11 bits per heavy atom. The van der Waals surface area contributed by atoms with Gasteiger partial charge in [0.1, 0.15) is 14.7 Å². The molecule has 1 saturated carbocycles. The smallest absolute Gasteiger partial charge is 0.260 e. The Morgan fingerprint density at radius 1 is 1.47 bits per heavy atom. The first-order valence-corrected chi connectivity index (χ1v) is 8.81. The highest BCUT2D eigenvalue weighted by molar-refractivity contribution is 7.90. The van der Waals surface area contributed by atoms with Gasteiger partial charge in [-0.25, -0.2) is 8.42 Å². The molecule has 1 aliphatic carbocycles. The first kappa shape index (κ1) is 14.1. The lowest BCUT2D eigenvalue weighted by atomic mass is 10.1. The van der Waals surface area contributed by atoms with E-state index in [4.69, 9.17) is 11.5 Å². The molecule has 0 aromatic carbocycles. The van der Waals surface area contributed by atoms with Crippen molar-refractivity contribution >= 4 is 37.8 Å². The van der Waals surface area contributed by atoms with E-state index in [2.05, 4.69) is 5.32 Å². The summed E-state index contributed by atoms with van der Waals surface area (Å²) in [7, 11) is -3.01. The molecule has 0 spiro atoms. The molecular formula is C11H17N3O3S2. The number of thiophene rings is 1. The summed E-state index contributed by atoms with van der Waals surface area (Å²) in [5, 5.41) is 3.83. The van der Waals surface area contributed by atoms with Crippen molar-refractivity contribution in [2.24, 2.45) is 5.73 Å². The van der Waals surface area contributed by atoms with Gasteiger partial charge >= 0.3 is 0 Å². The van der Waals surface area contributed by atoms with Gasteiger partial charge in [0.25, 0.3) is 5.91 Å². The van der Waals surface area contributed by atoms with E-state index in [9.17, 15) is 13.2 Å². The Kier molecular flexibility index (Phi) is 3.73. The number of nitrogens with two attached hydrogens (primary N) is 2. The molecule has 0 saturated heterocycles. The molecule has 1 aromatic heterocycles. The zero-order valence-corrected chi connectivity index (χ0v) is 12.2. The number of anilines is 2. The Bertz CT molecular complexity index is 603. The molecule has 8 heteroatoms. The number of rotatable bonds is 6. The minimum absolute atomic E-state index is 0.0425. The van der Waals surface area contributed by atoms with Crippen molar-refractivity contribution in [2.45, 2.75) is 18.8 Å². The van der Waals surface area contributed by atoms with E-state index >= 15 is 0 Å². The molecule has 1 amide bonds. The lowest BCUT2D eigenvalue weighted by Crippen LogP contribution is -2.14. The third kappa shape index (κ3) is 3.38. The summed E-state index contributed by atoms with van der Waals surface area (Å²) in [6.07, 6.45) is 3.27. The molecular weight excluding hydrogens is 286 g/mol. The van der Waals surface area contributed by atoms with Gasteiger partial charge in [-0.2, -0.15) is 0 Å². The van der Waals surface area contributed by atoms with Crippen LogP contribution in [0.15, 0.2) is 0 Å². The van der Waals surface area contributed by atoms with Gasteiger partial charge < -0.3 is 16.8 Å². The molecule has 0 bridgehead atoms. The molecule has 1 aromatic rings. The monoisotopic (exact) mass is 303 g/mol. The third-order valence-corrected chi connectivity index (χ3v) is 5.09. The molecule has 6 nitrogen and oxygen atoms in total. The maximum atomic E-state index is 11.3. The molecule has 106 valence electrons. The standard InChI is InChI=1S/C11H17N3O3S2/c1-19(16,17)5-4-14-11-7(6-2-3-6)8(12)9(18-11)10(13)15/h6,14H,2-5,12H2,1H3,(H2,13,15). The fraction of sp³-hybridized carbons (Fsp3) is 0.545. The predicted molar refractivity (Wildman–Crippen MR) is 77.4 cm³/mol. The second kappa shape index (κ2) is 5.01. The van der Waals surface area contributed by atoms with Crippen LogP contribution in [0.25, 0.3) is 0 Å². The van der Waals surface area contributed by atoms with Crippen molar-refractivity contribution in [3.8, 4) is 0 Å². The molecule has 5 N–H and O–H groups in total. The number of carbonyl (C=O) groups is 1. The van der Waals surface area contributed by atoms with E-state index in [-0.39, 0.29) is 5.75 Å². The van der Waals surface area contributed by atoms with E-state index in [1.54, 1.807) is 0 Å². The molecule has 19 heavy (non-hydrogen) atoms. The van der Waals surface area contributed by atoms with E-state index in [1.807, 2.05) is 0 Å². The highest BCUT2D eigenvalue weighted by atomic mass is 32.2. The second-order valence-electron chi connectivity index (χ2n) is 4.78. The Morgan fingerprint density at radius 3 is 2.58 bits per heavy atom. The number of primary amides is 1. The Labute approximate surface area is 116 Å². The van der Waals surface area contributed by atoms with E-state index in [0.717, 1.165) is 23.4 Å². The normalized spacial score (nSPS) is 15.4. The Balaban J connectivity index is 2.19. The van der Waals surface area contributed by atoms with Crippen LogP contribution in [0.1, 0.15) is 34.0 Å². The predicted octanol–water partition coefficient (Wildman–Crippen LogP) is 0.763. The molecule has 0 radical (unpaired) electrons. The summed E-state index contributed by atoms with van der Waals surface area (Å²) in [5.74, 6) is -0.133. The van der Waals surface area contributed by atoms with Gasteiger partial charge in [0.15, 0.2) is 0 Å². The number of nitrogens with one attached hydrogen (secondary N) is 1. The fourth-order valence-electron chi connectivity index (χ4n) is 1.90. The average molecular weight is 303 g/mol. The average Bonchev–Trinajstić information content (AvgIpc) is 3.02. The van der Waals surface area contributed by atoms with Gasteiger partial charge in [-0.1, -0.05) is 0 Å². The van der Waals surface area contributed by atoms with Gasteiger partial charge in [0, 0.05) is 18.4 Å². The van der Waals surface area contributed by atoms with E-state index < -0.39 is 15.7 Å². The van der Waals surface area contributed by atoms with Gasteiger partial charge in [-0.15, -0.1) is 11.3 Å². The molecule has 1 heterocycles. The Hall–Kier alpha value is -1.28. The van der Waals surface area contributed by atoms with E-state index in [0.29, 0.717) is 23.0 Å². The van der Waals surface area contributed by atoms with Gasteiger partial charge in [-0.3, -0.25) is 4.79 Å². The molecule has 1 fully saturated rings. The van der Waals surface area contributed by atoms with Crippen LogP contribution in [0.3, 0.4) is 0 Å². The number of nitrogen functional groups attached to an aromatic ring is 1. The van der Waals surface area contributed by atoms with Crippen LogP contribution in [-0.4, -0.2) is 32.9 Å². The van der Waals surface area contributed by atoms with Crippen molar-refractivity contribution in [1.29, 1.82) is 0 Å². The summed E-state index contributed by atoms with van der Waals surface area (Å²) in [4.78, 5) is 11.6. The topological polar surface area (TPSA) is 115 Å². The van der Waals surface area contributed by atoms with Crippen LogP contribution in [-0.2, 0) is 9.84 Å². The van der Waals surface area contributed by atoms with Crippen molar-refractivity contribution < 1.29 is 13.2 Å². The lowest BCUT2D eigenvalue weighted by Gasteiger charge is -2.06. The van der Waals surface area contributed by atoms with Crippen molar-refractivity contribution in [3.05, 3.63) is 10.4 Å². The highest BCUT2D eigenvalue weighted by Crippen LogP contribution is 2.50. The summed E-state index contributed by atoms with van der Waals surface area (Å²) in [5.41, 5.74) is 12.6. The number of hydrogen-bond acceptors (Lipinski definition) is 6. The number of hydrogen-bond donors (Lipinski definition) is 3. The minimum Gasteiger partial charge on any atom is -0.397 e. The third-order valence-electron chi connectivity index (χ3n) is 2.95. The van der Waals surface area contributed by atoms with Crippen LogP contribution in [0.2, 0.25) is 0 Å². The summed E-state index contributed by atoms with van der Waals surface area (Å²) in [6, 6.07) is 0. The SMILES string of the molecule is CS(=O)(=O)CCNc1sc(C(N)=O)c(N)c1C1CC1. The zero-order chi connectivity index (χ0) is 14.2. The molecule has 1 aliphatic rings. The first-order valence-electron chi connectivity index (χ1n) is 5.93. The van der Waals surface area contributed by atoms with Crippen LogP contribution < -0.4 is 16.8 Å². The van der Waals surface area contributed by atoms with Crippen molar-refractivity contribution in [3.63, 3.8) is 0 Å². The number of carbonyl (C=O) groups excluding carboxylic acids is 1. The lowest BCUT2D eigenvalue weighted by molar-refractivity contribution is 0.100. The van der Waals surface area contributed by atoms with Gasteiger partial charge in [-0.05, 0) is 18.8 Å². The van der Waals surface area contributed by atoms with Crippen LogP contribution in [0.5, 0.6) is 0 Å². The number of amides is 1. The van der Waals surface area contributed by atoms with Gasteiger partial charge in [0.05, 0.1) is 16.4 Å². The van der Waals surface area contributed by atoms with Crippen LogP contribution >= 0.6 is 11.3 Å². The quantitative estimate of drug-likeness (QED) is 0.717. The van der Waals surface area contributed by atoms with Crippen LogP contribution in [0, 0.1) is 0 Å². The van der Waals surface area contributed by atoms with Crippen molar-refractivity contribution in [1.82, 2.24) is 0 Å². The first-order chi connectivity index (χ1) is 8.79.